The average molecular weight is 726 g/mol. The van der Waals surface area contributed by atoms with E-state index < -0.39 is 20.2 Å². The second-order valence-corrected chi connectivity index (χ2v) is 14.1. The van der Waals surface area contributed by atoms with Crippen LogP contribution in [0.5, 0.6) is 11.5 Å². The number of hydrogen-bond donors (Lipinski definition) is 1. The molecule has 0 spiro atoms. The first-order valence-corrected chi connectivity index (χ1v) is 17.1. The van der Waals surface area contributed by atoms with Crippen molar-refractivity contribution in [2.45, 2.75) is 30.2 Å². The van der Waals surface area contributed by atoms with Crippen molar-refractivity contribution in [1.82, 2.24) is 0 Å². The van der Waals surface area contributed by atoms with Crippen molar-refractivity contribution < 1.29 is 25.2 Å². The van der Waals surface area contributed by atoms with Crippen molar-refractivity contribution in [2.24, 2.45) is 0 Å². The molecule has 0 aliphatic carbocycles. The lowest BCUT2D eigenvalue weighted by molar-refractivity contribution is 0.481. The molecule has 5 rings (SSSR count). The Hall–Kier alpha value is -3.87. The molecule has 10 heteroatoms. The molecule has 0 bridgehead atoms. The third-order valence-corrected chi connectivity index (χ3v) is 9.99. The van der Waals surface area contributed by atoms with Gasteiger partial charge in [0, 0.05) is 21.4 Å². The van der Waals surface area contributed by atoms with Gasteiger partial charge in [0.1, 0.15) is 9.79 Å². The molecular weight excluding hydrogens is 697 g/mol. The van der Waals surface area contributed by atoms with Crippen molar-refractivity contribution in [3.8, 4) is 22.6 Å². The van der Waals surface area contributed by atoms with Crippen LogP contribution < -0.4 is 13.7 Å². The van der Waals surface area contributed by atoms with E-state index in [1.165, 1.54) is 36.4 Å². The lowest BCUT2D eigenvalue weighted by Crippen LogP contribution is -2.13. The van der Waals surface area contributed by atoms with Gasteiger partial charge in [-0.25, -0.2) is 0 Å². The zero-order valence-electron chi connectivity index (χ0n) is 23.3. The fraction of sp³-hybridized carbons (Fsp3) is 0.0909. The van der Waals surface area contributed by atoms with Gasteiger partial charge in [0.05, 0.1) is 5.56 Å². The van der Waals surface area contributed by atoms with Crippen molar-refractivity contribution in [2.75, 3.05) is 5.32 Å². The van der Waals surface area contributed by atoms with Gasteiger partial charge >= 0.3 is 20.2 Å². The minimum absolute atomic E-state index is 0.00294. The molecule has 7 nitrogen and oxygen atoms in total. The van der Waals surface area contributed by atoms with Crippen LogP contribution >= 0.6 is 22.6 Å². The predicted octanol–water partition coefficient (Wildman–Crippen LogP) is 7.72. The maximum Gasteiger partial charge on any atom is 0.339 e. The van der Waals surface area contributed by atoms with Crippen molar-refractivity contribution >= 4 is 48.5 Å². The van der Waals surface area contributed by atoms with E-state index >= 15 is 0 Å². The first-order valence-electron chi connectivity index (χ1n) is 13.3. The minimum atomic E-state index is -4.24. The summed E-state index contributed by atoms with van der Waals surface area (Å²) in [5, 5.41) is 3.37. The highest BCUT2D eigenvalue weighted by molar-refractivity contribution is 14.1. The van der Waals surface area contributed by atoms with Crippen LogP contribution in [0.25, 0.3) is 11.1 Å². The monoisotopic (exact) mass is 725 g/mol. The summed E-state index contributed by atoms with van der Waals surface area (Å²) in [5.74, 6) is 0.0411. The predicted molar refractivity (Wildman–Crippen MR) is 176 cm³/mol. The van der Waals surface area contributed by atoms with E-state index in [0.717, 1.165) is 16.7 Å². The molecule has 0 saturated carbocycles. The van der Waals surface area contributed by atoms with E-state index in [9.17, 15) is 16.8 Å². The molecule has 0 aliphatic heterocycles. The van der Waals surface area contributed by atoms with Gasteiger partial charge in [-0.05, 0) is 90.5 Å². The zero-order valence-corrected chi connectivity index (χ0v) is 27.1. The van der Waals surface area contributed by atoms with Crippen LogP contribution in [-0.2, 0) is 26.8 Å². The Balaban J connectivity index is 1.64. The highest BCUT2D eigenvalue weighted by Crippen LogP contribution is 2.45. The molecule has 0 radical (unpaired) electrons. The highest BCUT2D eigenvalue weighted by Gasteiger charge is 2.27. The van der Waals surface area contributed by atoms with Gasteiger partial charge in [0.25, 0.3) is 0 Å². The van der Waals surface area contributed by atoms with Gasteiger partial charge in [-0.15, -0.1) is 0 Å². The number of nitrogens with one attached hydrogen (secondary N) is 1. The van der Waals surface area contributed by atoms with Crippen molar-refractivity contribution in [3.63, 3.8) is 0 Å². The van der Waals surface area contributed by atoms with Crippen LogP contribution in [0, 0.1) is 17.4 Å². The van der Waals surface area contributed by atoms with Gasteiger partial charge in [0.15, 0.2) is 11.5 Å². The van der Waals surface area contributed by atoms with Crippen molar-refractivity contribution in [3.05, 3.63) is 136 Å². The molecule has 0 fully saturated rings. The SMILES string of the molecule is Cc1ccc(S(=O)(=O)Oc2cccc(I)c2-c2c(NCc3ccccc3)cccc2OS(=O)(=O)c2ccc(C)cc2)cc1. The molecule has 0 heterocycles. The molecule has 0 saturated heterocycles. The molecule has 0 unspecified atom stereocenters. The lowest BCUT2D eigenvalue weighted by Gasteiger charge is -2.20. The lowest BCUT2D eigenvalue weighted by atomic mass is 10.0. The van der Waals surface area contributed by atoms with E-state index in [2.05, 4.69) is 27.9 Å². The number of aryl methyl sites for hydroxylation is 2. The number of benzene rings is 5. The highest BCUT2D eigenvalue weighted by atomic mass is 127. The average Bonchev–Trinajstić information content (AvgIpc) is 2.97. The summed E-state index contributed by atoms with van der Waals surface area (Å²) in [5.41, 5.74) is 4.04. The van der Waals surface area contributed by atoms with Gasteiger partial charge in [0.2, 0.25) is 0 Å². The Bertz CT molecular complexity index is 1960. The standard InChI is InChI=1S/C33H28INO6S2/c1-23-14-18-26(19-15-23)42(36,37)40-30-12-6-10-28(34)32(30)33-29(35-22-25-8-4-3-5-9-25)11-7-13-31(33)41-43(38,39)27-20-16-24(2)17-21-27/h3-21,35H,22H2,1-2H3. The molecule has 0 amide bonds. The van der Waals surface area contributed by atoms with Gasteiger partial charge in [-0.3, -0.25) is 0 Å². The molecule has 0 aromatic heterocycles. The second-order valence-electron chi connectivity index (χ2n) is 9.83. The van der Waals surface area contributed by atoms with Crippen LogP contribution in [0.2, 0.25) is 0 Å². The molecule has 5 aromatic carbocycles. The summed E-state index contributed by atoms with van der Waals surface area (Å²) in [7, 11) is -8.46. The van der Waals surface area contributed by atoms with Crippen LogP contribution in [0.15, 0.2) is 125 Å². The number of halogens is 1. The number of anilines is 1. The first-order chi connectivity index (χ1) is 20.5. The van der Waals surface area contributed by atoms with Crippen LogP contribution in [0.3, 0.4) is 0 Å². The fourth-order valence-electron chi connectivity index (χ4n) is 4.36. The third kappa shape index (κ3) is 7.20. The van der Waals surface area contributed by atoms with E-state index in [-0.39, 0.29) is 21.3 Å². The molecule has 1 N–H and O–H groups in total. The Kier molecular flexibility index (Phi) is 9.09. The largest absolute Gasteiger partial charge is 0.380 e. The van der Waals surface area contributed by atoms with Crippen molar-refractivity contribution in [1.29, 1.82) is 0 Å². The van der Waals surface area contributed by atoms with Crippen LogP contribution in [-0.4, -0.2) is 16.8 Å². The van der Waals surface area contributed by atoms with E-state index in [4.69, 9.17) is 8.37 Å². The molecule has 0 aliphatic rings. The molecule has 43 heavy (non-hydrogen) atoms. The Morgan fingerprint density at radius 3 is 1.60 bits per heavy atom. The van der Waals surface area contributed by atoms with Crippen LogP contribution in [0.4, 0.5) is 5.69 Å². The van der Waals surface area contributed by atoms with E-state index in [1.54, 1.807) is 48.5 Å². The molecule has 5 aromatic rings. The summed E-state index contributed by atoms with van der Waals surface area (Å²) >= 11 is 2.08. The zero-order chi connectivity index (χ0) is 30.6. The van der Waals surface area contributed by atoms with Gasteiger partial charge < -0.3 is 13.7 Å². The summed E-state index contributed by atoms with van der Waals surface area (Å²) in [4.78, 5) is -0.00954. The normalized spacial score (nSPS) is 11.6. The summed E-state index contributed by atoms with van der Waals surface area (Å²) in [6.07, 6.45) is 0. The summed E-state index contributed by atoms with van der Waals surface area (Å²) in [6, 6.07) is 32.4. The molecule has 0 atom stereocenters. The van der Waals surface area contributed by atoms with Gasteiger partial charge in [-0.1, -0.05) is 77.9 Å². The number of rotatable bonds is 10. The molecular formula is C33H28INO6S2. The quantitative estimate of drug-likeness (QED) is 0.116. The fourth-order valence-corrected chi connectivity index (χ4v) is 6.98. The smallest absolute Gasteiger partial charge is 0.339 e. The van der Waals surface area contributed by atoms with Crippen LogP contribution in [0.1, 0.15) is 16.7 Å². The maximum absolute atomic E-state index is 13.4. The maximum atomic E-state index is 13.4. The number of hydrogen-bond acceptors (Lipinski definition) is 7. The van der Waals surface area contributed by atoms with Gasteiger partial charge in [-0.2, -0.15) is 16.8 Å². The second kappa shape index (κ2) is 12.8. The van der Waals surface area contributed by atoms with E-state index in [0.29, 0.717) is 26.9 Å². The van der Waals surface area contributed by atoms with E-state index in [1.807, 2.05) is 44.2 Å². The molecule has 220 valence electrons. The Labute approximate surface area is 265 Å². The topological polar surface area (TPSA) is 98.8 Å². The first kappa shape index (κ1) is 30.6. The summed E-state index contributed by atoms with van der Waals surface area (Å²) in [6.45, 7) is 4.14. The summed E-state index contributed by atoms with van der Waals surface area (Å²) < 4.78 is 65.7. The third-order valence-electron chi connectivity index (χ3n) is 6.60. The Morgan fingerprint density at radius 1 is 0.581 bits per heavy atom. The Morgan fingerprint density at radius 2 is 1.07 bits per heavy atom. The minimum Gasteiger partial charge on any atom is -0.380 e.